The molecule has 0 fully saturated rings. The first kappa shape index (κ1) is 22.7. The third-order valence-electron chi connectivity index (χ3n) is 4.33. The van der Waals surface area contributed by atoms with Crippen LogP contribution in [-0.2, 0) is 26.2 Å². The summed E-state index contributed by atoms with van der Waals surface area (Å²) < 4.78 is 33.0. The van der Waals surface area contributed by atoms with Crippen LogP contribution in [0.1, 0.15) is 31.3 Å². The van der Waals surface area contributed by atoms with Crippen LogP contribution >= 0.6 is 0 Å². The number of aromatic nitrogens is 3. The van der Waals surface area contributed by atoms with E-state index in [0.717, 1.165) is 11.8 Å². The van der Waals surface area contributed by atoms with Crippen molar-refractivity contribution in [1.29, 1.82) is 0 Å². The van der Waals surface area contributed by atoms with E-state index in [1.165, 1.54) is 0 Å². The van der Waals surface area contributed by atoms with Gasteiger partial charge >= 0.3 is 0 Å². The molecule has 0 aliphatic carbocycles. The molecule has 1 aromatic carbocycles. The molecule has 0 bridgehead atoms. The topological polar surface area (TPSA) is 141 Å². The van der Waals surface area contributed by atoms with Crippen LogP contribution in [0.5, 0.6) is 0 Å². The number of carbonyl (C=O) groups is 1. The SMILES string of the molecule is CC(C)(N)C(=O)N[C@H](COCc1ccccc1)c1nnc2ccc(NS(C)(=O)=O)cn12. The summed E-state index contributed by atoms with van der Waals surface area (Å²) in [5.41, 5.74) is 6.64. The lowest BCUT2D eigenvalue weighted by Crippen LogP contribution is -2.50. The van der Waals surface area contributed by atoms with Gasteiger partial charge in [0.05, 0.1) is 30.7 Å². The summed E-state index contributed by atoms with van der Waals surface area (Å²) >= 11 is 0. The maximum Gasteiger partial charge on any atom is 0.240 e. The van der Waals surface area contributed by atoms with Gasteiger partial charge in [0.15, 0.2) is 11.5 Å². The Labute approximate surface area is 180 Å². The van der Waals surface area contributed by atoms with Gasteiger partial charge in [-0.1, -0.05) is 30.3 Å². The van der Waals surface area contributed by atoms with Crippen molar-refractivity contribution >= 4 is 27.3 Å². The van der Waals surface area contributed by atoms with Crippen molar-refractivity contribution in [3.63, 3.8) is 0 Å². The molecule has 10 nitrogen and oxygen atoms in total. The fraction of sp³-hybridized carbons (Fsp3) is 0.350. The quantitative estimate of drug-likeness (QED) is 0.449. The van der Waals surface area contributed by atoms with Crippen molar-refractivity contribution in [2.75, 3.05) is 17.6 Å². The molecule has 0 aliphatic heterocycles. The highest BCUT2D eigenvalue weighted by molar-refractivity contribution is 7.92. The number of carbonyl (C=O) groups excluding carboxylic acids is 1. The van der Waals surface area contributed by atoms with E-state index in [-0.39, 0.29) is 12.5 Å². The molecule has 31 heavy (non-hydrogen) atoms. The minimum absolute atomic E-state index is 0.112. The molecule has 0 radical (unpaired) electrons. The number of rotatable bonds is 9. The number of hydrogen-bond acceptors (Lipinski definition) is 7. The first-order valence-corrected chi connectivity index (χ1v) is 11.5. The number of pyridine rings is 1. The zero-order valence-corrected chi connectivity index (χ0v) is 18.4. The summed E-state index contributed by atoms with van der Waals surface area (Å²) in [5, 5.41) is 11.2. The number of ether oxygens (including phenoxy) is 1. The monoisotopic (exact) mass is 446 g/mol. The number of nitrogens with zero attached hydrogens (tertiary/aromatic N) is 3. The molecule has 0 aliphatic rings. The summed E-state index contributed by atoms with van der Waals surface area (Å²) in [6, 6.07) is 12.2. The number of fused-ring (bicyclic) bond motifs is 1. The van der Waals surface area contributed by atoms with Crippen LogP contribution in [0.25, 0.3) is 5.65 Å². The Morgan fingerprint density at radius 2 is 1.90 bits per heavy atom. The highest BCUT2D eigenvalue weighted by atomic mass is 32.2. The molecule has 3 rings (SSSR count). The molecular weight excluding hydrogens is 420 g/mol. The predicted octanol–water partition coefficient (Wildman–Crippen LogP) is 1.21. The Kier molecular flexibility index (Phi) is 6.58. The number of sulfonamides is 1. The molecule has 2 heterocycles. The summed E-state index contributed by atoms with van der Waals surface area (Å²) in [6.07, 6.45) is 2.61. The van der Waals surface area contributed by atoms with E-state index < -0.39 is 21.6 Å². The van der Waals surface area contributed by atoms with E-state index in [4.69, 9.17) is 10.5 Å². The largest absolute Gasteiger partial charge is 0.374 e. The number of benzene rings is 1. The van der Waals surface area contributed by atoms with Crippen molar-refractivity contribution in [1.82, 2.24) is 19.9 Å². The van der Waals surface area contributed by atoms with E-state index in [1.54, 1.807) is 36.6 Å². The van der Waals surface area contributed by atoms with Gasteiger partial charge in [0.1, 0.15) is 6.04 Å². The van der Waals surface area contributed by atoms with E-state index >= 15 is 0 Å². The number of hydrogen-bond donors (Lipinski definition) is 3. The van der Waals surface area contributed by atoms with Crippen molar-refractivity contribution < 1.29 is 17.9 Å². The minimum atomic E-state index is -3.46. The summed E-state index contributed by atoms with van der Waals surface area (Å²) in [7, 11) is -3.46. The smallest absolute Gasteiger partial charge is 0.240 e. The zero-order valence-electron chi connectivity index (χ0n) is 17.6. The second-order valence-electron chi connectivity index (χ2n) is 7.83. The van der Waals surface area contributed by atoms with E-state index in [2.05, 4.69) is 20.2 Å². The molecule has 0 unspecified atom stereocenters. The third-order valence-corrected chi connectivity index (χ3v) is 4.94. The van der Waals surface area contributed by atoms with Gasteiger partial charge in [0.25, 0.3) is 0 Å². The molecule has 11 heteroatoms. The van der Waals surface area contributed by atoms with Gasteiger partial charge in [-0.05, 0) is 31.5 Å². The normalized spacial score (nSPS) is 13.2. The molecule has 0 spiro atoms. The lowest BCUT2D eigenvalue weighted by Gasteiger charge is -2.23. The molecule has 3 aromatic rings. The maximum atomic E-state index is 12.6. The van der Waals surface area contributed by atoms with Crippen LogP contribution in [0.3, 0.4) is 0 Å². The van der Waals surface area contributed by atoms with Crippen molar-refractivity contribution in [3.8, 4) is 0 Å². The van der Waals surface area contributed by atoms with Gasteiger partial charge in [0.2, 0.25) is 15.9 Å². The molecule has 4 N–H and O–H groups in total. The molecule has 2 aromatic heterocycles. The Morgan fingerprint density at radius 1 is 1.19 bits per heavy atom. The Balaban J connectivity index is 1.88. The van der Waals surface area contributed by atoms with E-state index in [9.17, 15) is 13.2 Å². The minimum Gasteiger partial charge on any atom is -0.374 e. The third kappa shape index (κ3) is 6.23. The van der Waals surface area contributed by atoms with Crippen LogP contribution in [-0.4, -0.2) is 47.3 Å². The molecule has 166 valence electrons. The van der Waals surface area contributed by atoms with Crippen LogP contribution in [0.2, 0.25) is 0 Å². The lowest BCUT2D eigenvalue weighted by molar-refractivity contribution is -0.126. The molecule has 1 amide bonds. The highest BCUT2D eigenvalue weighted by Crippen LogP contribution is 2.18. The van der Waals surface area contributed by atoms with Crippen LogP contribution < -0.4 is 15.8 Å². The highest BCUT2D eigenvalue weighted by Gasteiger charge is 2.28. The average Bonchev–Trinajstić information content (AvgIpc) is 3.09. The molecule has 0 saturated heterocycles. The molecular formula is C20H26N6O4S. The van der Waals surface area contributed by atoms with Gasteiger partial charge in [-0.2, -0.15) is 0 Å². The molecule has 1 atom stereocenters. The van der Waals surface area contributed by atoms with E-state index in [0.29, 0.717) is 23.8 Å². The van der Waals surface area contributed by atoms with Crippen molar-refractivity contribution in [3.05, 3.63) is 60.0 Å². The summed E-state index contributed by atoms with van der Waals surface area (Å²) in [4.78, 5) is 12.6. The fourth-order valence-corrected chi connectivity index (χ4v) is 3.36. The maximum absolute atomic E-state index is 12.6. The van der Waals surface area contributed by atoms with Gasteiger partial charge in [-0.15, -0.1) is 10.2 Å². The summed E-state index contributed by atoms with van der Waals surface area (Å²) in [5.74, 6) is 0.000731. The Morgan fingerprint density at radius 3 is 2.55 bits per heavy atom. The second-order valence-corrected chi connectivity index (χ2v) is 9.58. The first-order valence-electron chi connectivity index (χ1n) is 9.57. The van der Waals surface area contributed by atoms with Crippen LogP contribution in [0, 0.1) is 0 Å². The van der Waals surface area contributed by atoms with Crippen LogP contribution in [0.15, 0.2) is 48.7 Å². The predicted molar refractivity (Wildman–Crippen MR) is 117 cm³/mol. The van der Waals surface area contributed by atoms with E-state index in [1.807, 2.05) is 30.3 Å². The number of nitrogens with one attached hydrogen (secondary N) is 2. The number of nitrogens with two attached hydrogens (primary N) is 1. The van der Waals surface area contributed by atoms with Crippen LogP contribution in [0.4, 0.5) is 5.69 Å². The molecule has 0 saturated carbocycles. The average molecular weight is 447 g/mol. The van der Waals surface area contributed by atoms with Crippen molar-refractivity contribution in [2.45, 2.75) is 32.0 Å². The van der Waals surface area contributed by atoms with Gasteiger partial charge in [-0.25, -0.2) is 8.42 Å². The lowest BCUT2D eigenvalue weighted by atomic mass is 10.1. The second kappa shape index (κ2) is 9.00. The Bertz CT molecular complexity index is 1160. The fourth-order valence-electron chi connectivity index (χ4n) is 2.81. The standard InChI is InChI=1S/C20H26N6O4S/c1-20(2,21)19(27)22-16(13-30-12-14-7-5-4-6-8-14)18-24-23-17-10-9-15(11-26(17)18)25-31(3,28)29/h4-11,16,25H,12-13,21H2,1-3H3,(H,22,27)/t16-/m1/s1. The summed E-state index contributed by atoms with van der Waals surface area (Å²) in [6.45, 7) is 3.65. The van der Waals surface area contributed by atoms with Gasteiger partial charge in [0, 0.05) is 6.20 Å². The van der Waals surface area contributed by atoms with Crippen molar-refractivity contribution in [2.24, 2.45) is 5.73 Å². The first-order chi connectivity index (χ1) is 14.5. The Hall–Kier alpha value is -3.02. The zero-order chi connectivity index (χ0) is 22.6. The number of anilines is 1. The number of amides is 1. The van der Waals surface area contributed by atoms with Gasteiger partial charge < -0.3 is 15.8 Å². The van der Waals surface area contributed by atoms with Gasteiger partial charge in [-0.3, -0.25) is 13.9 Å².